The second-order valence-electron chi connectivity index (χ2n) is 5.88. The number of anilines is 2. The molecule has 130 valence electrons. The number of hydrogen-bond acceptors (Lipinski definition) is 7. The number of imidazole rings is 1. The molecule has 3 heterocycles. The van der Waals surface area contributed by atoms with Crippen molar-refractivity contribution < 1.29 is 14.6 Å². The summed E-state index contributed by atoms with van der Waals surface area (Å²) >= 11 is 0. The van der Waals surface area contributed by atoms with Gasteiger partial charge >= 0.3 is 0 Å². The highest BCUT2D eigenvalue weighted by atomic mass is 16.5. The molecule has 0 radical (unpaired) electrons. The van der Waals surface area contributed by atoms with E-state index in [0.717, 1.165) is 31.5 Å². The second kappa shape index (κ2) is 6.56. The molecule has 0 bridgehead atoms. The standard InChI is InChI=1S/C17H19N5O3/c1-24-13-8-11(23)5-6-12(13)21-16-15-17(19-9-18-16)22(10-20-15)14-4-2-3-7-25-14/h5-6,8-10,14,23H,2-4,7H2,1H3,(H,18,19,21). The van der Waals surface area contributed by atoms with Gasteiger partial charge in [0.1, 0.15) is 24.1 Å². The summed E-state index contributed by atoms with van der Waals surface area (Å²) in [5, 5.41) is 12.8. The van der Waals surface area contributed by atoms with Gasteiger partial charge in [-0.25, -0.2) is 15.0 Å². The molecule has 1 unspecified atom stereocenters. The van der Waals surface area contributed by atoms with Crippen LogP contribution in [-0.4, -0.2) is 38.3 Å². The van der Waals surface area contributed by atoms with Gasteiger partial charge in [-0.2, -0.15) is 0 Å². The van der Waals surface area contributed by atoms with E-state index in [1.54, 1.807) is 25.6 Å². The van der Waals surface area contributed by atoms with Crippen molar-refractivity contribution in [1.82, 2.24) is 19.5 Å². The van der Waals surface area contributed by atoms with Gasteiger partial charge in [-0.05, 0) is 31.4 Å². The van der Waals surface area contributed by atoms with Crippen LogP contribution in [0.5, 0.6) is 11.5 Å². The van der Waals surface area contributed by atoms with Gasteiger partial charge in [0, 0.05) is 12.7 Å². The summed E-state index contributed by atoms with van der Waals surface area (Å²) in [5.74, 6) is 1.22. The van der Waals surface area contributed by atoms with Crippen LogP contribution in [0.25, 0.3) is 11.2 Å². The first-order valence-electron chi connectivity index (χ1n) is 8.19. The van der Waals surface area contributed by atoms with Crippen LogP contribution in [0.3, 0.4) is 0 Å². The molecule has 2 aromatic heterocycles. The van der Waals surface area contributed by atoms with E-state index in [4.69, 9.17) is 9.47 Å². The van der Waals surface area contributed by atoms with Crippen molar-refractivity contribution in [2.24, 2.45) is 0 Å². The average molecular weight is 341 g/mol. The van der Waals surface area contributed by atoms with E-state index in [1.165, 1.54) is 12.4 Å². The number of nitrogens with one attached hydrogen (secondary N) is 1. The Morgan fingerprint density at radius 2 is 2.20 bits per heavy atom. The summed E-state index contributed by atoms with van der Waals surface area (Å²) in [4.78, 5) is 13.1. The Hall–Kier alpha value is -2.87. The smallest absolute Gasteiger partial charge is 0.167 e. The van der Waals surface area contributed by atoms with Crippen molar-refractivity contribution in [2.45, 2.75) is 25.5 Å². The van der Waals surface area contributed by atoms with E-state index >= 15 is 0 Å². The molecule has 1 aromatic carbocycles. The van der Waals surface area contributed by atoms with E-state index in [-0.39, 0.29) is 12.0 Å². The van der Waals surface area contributed by atoms with Gasteiger partial charge in [0.05, 0.1) is 19.1 Å². The Morgan fingerprint density at radius 1 is 1.28 bits per heavy atom. The molecule has 3 aromatic rings. The third kappa shape index (κ3) is 2.96. The number of ether oxygens (including phenoxy) is 2. The van der Waals surface area contributed by atoms with E-state index in [9.17, 15) is 5.11 Å². The highest BCUT2D eigenvalue weighted by molar-refractivity contribution is 5.86. The average Bonchev–Trinajstić information content (AvgIpc) is 3.09. The molecule has 1 saturated heterocycles. The number of fused-ring (bicyclic) bond motifs is 1. The Labute approximate surface area is 144 Å². The van der Waals surface area contributed by atoms with Crippen LogP contribution in [0.2, 0.25) is 0 Å². The Bertz CT molecular complexity index is 889. The number of phenolic OH excluding ortho intramolecular Hbond substituents is 1. The van der Waals surface area contributed by atoms with Crippen molar-refractivity contribution in [3.05, 3.63) is 30.9 Å². The zero-order valence-corrected chi connectivity index (χ0v) is 13.8. The lowest BCUT2D eigenvalue weighted by atomic mass is 10.2. The van der Waals surface area contributed by atoms with Crippen molar-refractivity contribution in [2.75, 3.05) is 19.0 Å². The van der Waals surface area contributed by atoms with Crippen LogP contribution in [-0.2, 0) is 4.74 Å². The maximum Gasteiger partial charge on any atom is 0.167 e. The van der Waals surface area contributed by atoms with Gasteiger partial charge in [0.25, 0.3) is 0 Å². The number of benzene rings is 1. The summed E-state index contributed by atoms with van der Waals surface area (Å²) in [6.45, 7) is 0.755. The summed E-state index contributed by atoms with van der Waals surface area (Å²) in [7, 11) is 1.55. The topological polar surface area (TPSA) is 94.3 Å². The first kappa shape index (κ1) is 15.6. The van der Waals surface area contributed by atoms with E-state index in [2.05, 4.69) is 20.3 Å². The molecule has 0 spiro atoms. The molecule has 0 aliphatic carbocycles. The highest BCUT2D eigenvalue weighted by Gasteiger charge is 2.20. The fraction of sp³-hybridized carbons (Fsp3) is 0.353. The lowest BCUT2D eigenvalue weighted by Gasteiger charge is -2.23. The summed E-state index contributed by atoms with van der Waals surface area (Å²) in [6.07, 6.45) is 6.37. The predicted octanol–water partition coefficient (Wildman–Crippen LogP) is 2.98. The monoisotopic (exact) mass is 341 g/mol. The van der Waals surface area contributed by atoms with Gasteiger partial charge in [-0.3, -0.25) is 4.57 Å². The minimum atomic E-state index is -0.0373. The molecule has 25 heavy (non-hydrogen) atoms. The molecule has 4 rings (SSSR count). The quantitative estimate of drug-likeness (QED) is 0.704. The number of phenols is 1. The predicted molar refractivity (Wildman–Crippen MR) is 92.1 cm³/mol. The van der Waals surface area contributed by atoms with Crippen LogP contribution in [0.15, 0.2) is 30.9 Å². The third-order valence-electron chi connectivity index (χ3n) is 4.26. The molecule has 1 aliphatic heterocycles. The summed E-state index contributed by atoms with van der Waals surface area (Å²) < 4.78 is 13.1. The number of methoxy groups -OCH3 is 1. The zero-order chi connectivity index (χ0) is 17.2. The highest BCUT2D eigenvalue weighted by Crippen LogP contribution is 2.33. The fourth-order valence-electron chi connectivity index (χ4n) is 3.01. The number of aromatic hydroxyl groups is 1. The van der Waals surface area contributed by atoms with Gasteiger partial charge < -0.3 is 19.9 Å². The number of aromatic nitrogens is 4. The first-order chi connectivity index (χ1) is 12.3. The lowest BCUT2D eigenvalue weighted by Crippen LogP contribution is -2.17. The minimum Gasteiger partial charge on any atom is -0.508 e. The molecule has 8 heteroatoms. The molecule has 0 amide bonds. The Kier molecular flexibility index (Phi) is 4.10. The van der Waals surface area contributed by atoms with Crippen LogP contribution >= 0.6 is 0 Å². The second-order valence-corrected chi connectivity index (χ2v) is 5.88. The molecule has 0 saturated carbocycles. The van der Waals surface area contributed by atoms with Crippen LogP contribution < -0.4 is 10.1 Å². The molecule has 2 N–H and O–H groups in total. The summed E-state index contributed by atoms with van der Waals surface area (Å²) in [6, 6.07) is 4.84. The third-order valence-corrected chi connectivity index (χ3v) is 4.26. The van der Waals surface area contributed by atoms with Crippen molar-refractivity contribution >= 4 is 22.7 Å². The fourth-order valence-corrected chi connectivity index (χ4v) is 3.01. The van der Waals surface area contributed by atoms with Crippen molar-refractivity contribution in [1.29, 1.82) is 0 Å². The lowest BCUT2D eigenvalue weighted by molar-refractivity contribution is -0.0298. The molecular weight excluding hydrogens is 322 g/mol. The normalized spacial score (nSPS) is 17.6. The van der Waals surface area contributed by atoms with Crippen LogP contribution in [0.4, 0.5) is 11.5 Å². The largest absolute Gasteiger partial charge is 0.508 e. The maximum atomic E-state index is 9.59. The van der Waals surface area contributed by atoms with Gasteiger partial charge in [-0.15, -0.1) is 0 Å². The number of hydrogen-bond donors (Lipinski definition) is 2. The molecule has 1 fully saturated rings. The molecule has 1 atom stereocenters. The SMILES string of the molecule is COc1cc(O)ccc1Nc1ncnc2c1ncn2C1CCCCO1. The van der Waals surface area contributed by atoms with Gasteiger partial charge in [-0.1, -0.05) is 0 Å². The van der Waals surface area contributed by atoms with Gasteiger partial charge in [0.15, 0.2) is 17.0 Å². The first-order valence-corrected chi connectivity index (χ1v) is 8.19. The molecular formula is C17H19N5O3. The Morgan fingerprint density at radius 3 is 3.00 bits per heavy atom. The van der Waals surface area contributed by atoms with Crippen molar-refractivity contribution in [3.63, 3.8) is 0 Å². The zero-order valence-electron chi connectivity index (χ0n) is 13.8. The molecule has 1 aliphatic rings. The van der Waals surface area contributed by atoms with Crippen molar-refractivity contribution in [3.8, 4) is 11.5 Å². The van der Waals surface area contributed by atoms with Gasteiger partial charge in [0.2, 0.25) is 0 Å². The van der Waals surface area contributed by atoms with E-state index < -0.39 is 0 Å². The molecule has 8 nitrogen and oxygen atoms in total. The maximum absolute atomic E-state index is 9.59. The number of rotatable bonds is 4. The minimum absolute atomic E-state index is 0.0373. The van der Waals surface area contributed by atoms with Crippen LogP contribution in [0.1, 0.15) is 25.5 Å². The van der Waals surface area contributed by atoms with Crippen LogP contribution in [0, 0.1) is 0 Å². The number of nitrogens with zero attached hydrogens (tertiary/aromatic N) is 4. The van der Waals surface area contributed by atoms with E-state index in [1.807, 2.05) is 4.57 Å². The Balaban J connectivity index is 1.70. The van der Waals surface area contributed by atoms with E-state index in [0.29, 0.717) is 22.8 Å². The summed E-state index contributed by atoms with van der Waals surface area (Å²) in [5.41, 5.74) is 2.07.